The van der Waals surface area contributed by atoms with E-state index in [4.69, 9.17) is 0 Å². The number of benzene rings is 2. The van der Waals surface area contributed by atoms with Gasteiger partial charge in [0.15, 0.2) is 0 Å². The predicted molar refractivity (Wildman–Crippen MR) is 144 cm³/mol. The van der Waals surface area contributed by atoms with E-state index in [0.29, 0.717) is 13.1 Å². The Hall–Kier alpha value is -3.39. The van der Waals surface area contributed by atoms with E-state index in [0.717, 1.165) is 29.8 Å². The second kappa shape index (κ2) is 12.2. The number of carbonyl (C=O) groups is 3. The molecule has 2 aromatic rings. The average Bonchev–Trinajstić information content (AvgIpc) is 2.87. The molecular weight excluding hydrogens is 468 g/mol. The lowest BCUT2D eigenvalue weighted by Crippen LogP contribution is -2.61. The zero-order valence-corrected chi connectivity index (χ0v) is 22.5. The van der Waals surface area contributed by atoms with E-state index in [-0.39, 0.29) is 11.9 Å². The molecule has 8 nitrogen and oxygen atoms in total. The van der Waals surface area contributed by atoms with Gasteiger partial charge in [-0.1, -0.05) is 75.4 Å². The summed E-state index contributed by atoms with van der Waals surface area (Å²) in [5, 5.41) is 15.7. The van der Waals surface area contributed by atoms with Crippen molar-refractivity contribution in [2.75, 3.05) is 20.1 Å². The summed E-state index contributed by atoms with van der Waals surface area (Å²) in [6.07, 6.45) is 0.423. The molecule has 3 atom stereocenters. The van der Waals surface area contributed by atoms with Gasteiger partial charge in [-0.2, -0.15) is 0 Å². The Labute approximate surface area is 220 Å². The number of carbonyl (C=O) groups excluding carboxylic acids is 2. The molecule has 1 aliphatic heterocycles. The van der Waals surface area contributed by atoms with Crippen LogP contribution in [-0.2, 0) is 29.0 Å². The van der Waals surface area contributed by atoms with Crippen molar-refractivity contribution in [3.05, 3.63) is 71.3 Å². The van der Waals surface area contributed by atoms with Crippen LogP contribution in [0.5, 0.6) is 0 Å². The summed E-state index contributed by atoms with van der Waals surface area (Å²) in [6.45, 7) is 9.14. The molecule has 0 saturated heterocycles. The van der Waals surface area contributed by atoms with Gasteiger partial charge in [0.05, 0.1) is 0 Å². The maximum Gasteiger partial charge on any atom is 0.407 e. The summed E-state index contributed by atoms with van der Waals surface area (Å²) >= 11 is 0. The van der Waals surface area contributed by atoms with Gasteiger partial charge >= 0.3 is 6.09 Å². The van der Waals surface area contributed by atoms with Crippen molar-refractivity contribution in [2.24, 2.45) is 5.41 Å². The molecule has 2 aromatic carbocycles. The number of nitrogens with zero attached hydrogens (tertiary/aromatic N) is 2. The number of hydrogen-bond acceptors (Lipinski definition) is 4. The van der Waals surface area contributed by atoms with E-state index in [1.165, 1.54) is 25.1 Å². The highest BCUT2D eigenvalue weighted by Gasteiger charge is 2.40. The Morgan fingerprint density at radius 3 is 2.30 bits per heavy atom. The van der Waals surface area contributed by atoms with Gasteiger partial charge in [0.25, 0.3) is 0 Å². The first-order valence-corrected chi connectivity index (χ1v) is 12.9. The Balaban J connectivity index is 1.77. The van der Waals surface area contributed by atoms with E-state index in [9.17, 15) is 19.5 Å². The summed E-state index contributed by atoms with van der Waals surface area (Å²) in [5.41, 5.74) is 3.02. The predicted octanol–water partition coefficient (Wildman–Crippen LogP) is 3.30. The fraction of sp³-hybridized carbons (Fsp3) is 0.483. The Bertz CT molecular complexity index is 1080. The van der Waals surface area contributed by atoms with Crippen molar-refractivity contribution in [2.45, 2.75) is 65.2 Å². The fourth-order valence-electron chi connectivity index (χ4n) is 4.59. The second-order valence-electron chi connectivity index (χ2n) is 10.9. The van der Waals surface area contributed by atoms with Crippen LogP contribution in [0.3, 0.4) is 0 Å². The van der Waals surface area contributed by atoms with Crippen molar-refractivity contribution in [1.82, 2.24) is 20.4 Å². The lowest BCUT2D eigenvalue weighted by molar-refractivity contribution is -0.143. The maximum atomic E-state index is 14.0. The van der Waals surface area contributed by atoms with Crippen molar-refractivity contribution >= 4 is 17.9 Å². The normalized spacial score (nSPS) is 16.9. The molecule has 37 heavy (non-hydrogen) atoms. The summed E-state index contributed by atoms with van der Waals surface area (Å²) in [6, 6.07) is 16.6. The third-order valence-corrected chi connectivity index (χ3v) is 7.11. The largest absolute Gasteiger partial charge is 0.465 e. The van der Waals surface area contributed by atoms with Gasteiger partial charge in [-0.25, -0.2) is 4.79 Å². The lowest BCUT2D eigenvalue weighted by Gasteiger charge is -2.42. The molecule has 0 aliphatic carbocycles. The van der Waals surface area contributed by atoms with Gasteiger partial charge in [0.1, 0.15) is 12.1 Å². The number of fused-ring (bicyclic) bond motifs is 1. The SMILES string of the molecule is CC(C(=O)NC(C(=O)N1Cc2ccccc2CC1CNCCc1ccccc1)C(C)(C)C)N(C)C(=O)O. The van der Waals surface area contributed by atoms with E-state index in [2.05, 4.69) is 28.8 Å². The zero-order valence-electron chi connectivity index (χ0n) is 22.5. The molecule has 3 N–H and O–H groups in total. The maximum absolute atomic E-state index is 14.0. The number of likely N-dealkylation sites (N-methyl/N-ethyl adjacent to an activating group) is 1. The molecule has 8 heteroatoms. The first kappa shape index (κ1) is 28.2. The topological polar surface area (TPSA) is 102 Å². The molecule has 0 radical (unpaired) electrons. The molecule has 0 saturated carbocycles. The van der Waals surface area contributed by atoms with Crippen molar-refractivity contribution in [1.29, 1.82) is 0 Å². The molecule has 3 amide bonds. The number of nitrogens with one attached hydrogen (secondary N) is 2. The van der Waals surface area contributed by atoms with Crippen LogP contribution in [0.25, 0.3) is 0 Å². The first-order valence-electron chi connectivity index (χ1n) is 12.9. The molecule has 3 rings (SSSR count). The van der Waals surface area contributed by atoms with Crippen LogP contribution in [-0.4, -0.2) is 71.1 Å². The van der Waals surface area contributed by atoms with Crippen LogP contribution in [0.15, 0.2) is 54.6 Å². The molecule has 0 fully saturated rings. The van der Waals surface area contributed by atoms with E-state index < -0.39 is 29.5 Å². The molecule has 1 heterocycles. The highest BCUT2D eigenvalue weighted by Crippen LogP contribution is 2.28. The minimum absolute atomic E-state index is 0.0703. The van der Waals surface area contributed by atoms with E-state index in [1.807, 2.05) is 62.1 Å². The first-order chi connectivity index (χ1) is 17.5. The third-order valence-electron chi connectivity index (χ3n) is 7.11. The third kappa shape index (κ3) is 7.32. The molecular formula is C29H40N4O4. The standard InChI is InChI=1S/C29H40N4O4/c1-20(32(5)28(36)37)26(34)31-25(29(2,3)4)27(35)33-19-23-14-10-9-13-22(23)17-24(33)18-30-16-15-21-11-7-6-8-12-21/h6-14,20,24-25,30H,15-19H2,1-5H3,(H,31,34)(H,36,37). The molecule has 200 valence electrons. The van der Waals surface area contributed by atoms with Crippen LogP contribution < -0.4 is 10.6 Å². The summed E-state index contributed by atoms with van der Waals surface area (Å²) in [5.74, 6) is -0.650. The molecule has 1 aliphatic rings. The van der Waals surface area contributed by atoms with Gasteiger partial charge < -0.3 is 20.6 Å². The highest BCUT2D eigenvalue weighted by molar-refractivity contribution is 5.91. The molecule has 0 bridgehead atoms. The smallest absolute Gasteiger partial charge is 0.407 e. The monoisotopic (exact) mass is 508 g/mol. The molecule has 3 unspecified atom stereocenters. The van der Waals surface area contributed by atoms with Crippen molar-refractivity contribution in [3.63, 3.8) is 0 Å². The van der Waals surface area contributed by atoms with E-state index >= 15 is 0 Å². The average molecular weight is 509 g/mol. The molecule has 0 spiro atoms. The van der Waals surface area contributed by atoms with Crippen molar-refractivity contribution < 1.29 is 19.5 Å². The number of rotatable bonds is 9. The number of carboxylic acid groups (broad SMARTS) is 1. The van der Waals surface area contributed by atoms with Gasteiger partial charge in [-0.3, -0.25) is 14.5 Å². The minimum Gasteiger partial charge on any atom is -0.465 e. The second-order valence-corrected chi connectivity index (χ2v) is 10.9. The molecule has 0 aromatic heterocycles. The van der Waals surface area contributed by atoms with Crippen LogP contribution in [0.1, 0.15) is 44.4 Å². The number of hydrogen-bond donors (Lipinski definition) is 3. The number of amides is 3. The van der Waals surface area contributed by atoms with Crippen LogP contribution in [0, 0.1) is 5.41 Å². The van der Waals surface area contributed by atoms with E-state index in [1.54, 1.807) is 0 Å². The van der Waals surface area contributed by atoms with Crippen LogP contribution in [0.4, 0.5) is 4.79 Å². The lowest BCUT2D eigenvalue weighted by atomic mass is 9.84. The van der Waals surface area contributed by atoms with Crippen molar-refractivity contribution in [3.8, 4) is 0 Å². The Morgan fingerprint density at radius 1 is 1.05 bits per heavy atom. The zero-order chi connectivity index (χ0) is 27.2. The van der Waals surface area contributed by atoms with Crippen LogP contribution >= 0.6 is 0 Å². The Kier molecular flexibility index (Phi) is 9.32. The quantitative estimate of drug-likeness (QED) is 0.451. The van der Waals surface area contributed by atoms with Gasteiger partial charge in [0.2, 0.25) is 11.8 Å². The highest BCUT2D eigenvalue weighted by atomic mass is 16.4. The van der Waals surface area contributed by atoms with Gasteiger partial charge in [-0.15, -0.1) is 0 Å². The minimum atomic E-state index is -1.20. The summed E-state index contributed by atoms with van der Waals surface area (Å²) < 4.78 is 0. The van der Waals surface area contributed by atoms with Gasteiger partial charge in [-0.05, 0) is 48.4 Å². The van der Waals surface area contributed by atoms with Crippen LogP contribution in [0.2, 0.25) is 0 Å². The van der Waals surface area contributed by atoms with Gasteiger partial charge in [0, 0.05) is 26.2 Å². The summed E-state index contributed by atoms with van der Waals surface area (Å²) in [7, 11) is 1.35. The summed E-state index contributed by atoms with van der Waals surface area (Å²) in [4.78, 5) is 41.2. The Morgan fingerprint density at radius 2 is 1.68 bits per heavy atom. The fourth-order valence-corrected chi connectivity index (χ4v) is 4.59.